The Hall–Kier alpha value is -1.56. The molecule has 1 aromatic carbocycles. The predicted molar refractivity (Wildman–Crippen MR) is 75.6 cm³/mol. The highest BCUT2D eigenvalue weighted by atomic mass is 32.2. The largest absolute Gasteiger partial charge is 0.494 e. The van der Waals surface area contributed by atoms with Crippen molar-refractivity contribution >= 4 is 21.4 Å². The van der Waals surface area contributed by atoms with E-state index >= 15 is 0 Å². The molecule has 5 nitrogen and oxygen atoms in total. The summed E-state index contributed by atoms with van der Waals surface area (Å²) in [7, 11) is -3.01. The number of carbonyl (C=O) groups is 1. The molecule has 1 aromatic rings. The number of hydrogen-bond acceptors (Lipinski definition) is 4. The Bertz CT molecular complexity index is 623. The molecule has 0 N–H and O–H groups in total. The van der Waals surface area contributed by atoms with Gasteiger partial charge in [-0.05, 0) is 31.2 Å². The van der Waals surface area contributed by atoms with E-state index in [2.05, 4.69) is 0 Å². The van der Waals surface area contributed by atoms with Crippen molar-refractivity contribution in [1.82, 2.24) is 0 Å². The van der Waals surface area contributed by atoms with Crippen LogP contribution in [0.5, 0.6) is 5.75 Å². The van der Waals surface area contributed by atoms with Crippen molar-refractivity contribution in [2.45, 2.75) is 19.4 Å². The molecule has 2 fully saturated rings. The fraction of sp³-hybridized carbons (Fsp3) is 0.500. The van der Waals surface area contributed by atoms with Gasteiger partial charge in [0.25, 0.3) is 0 Å². The molecule has 2 saturated heterocycles. The Balaban J connectivity index is 1.87. The van der Waals surface area contributed by atoms with E-state index in [-0.39, 0.29) is 29.4 Å². The smallest absolute Gasteiger partial charge is 0.227 e. The summed E-state index contributed by atoms with van der Waals surface area (Å²) in [6.45, 7) is 2.50. The molecule has 2 aliphatic heterocycles. The molecule has 0 aromatic heterocycles. The van der Waals surface area contributed by atoms with E-state index in [0.29, 0.717) is 13.0 Å². The van der Waals surface area contributed by atoms with Gasteiger partial charge in [-0.15, -0.1) is 0 Å². The van der Waals surface area contributed by atoms with Crippen molar-refractivity contribution in [3.63, 3.8) is 0 Å². The fourth-order valence-electron chi connectivity index (χ4n) is 3.09. The number of fused-ring (bicyclic) bond motifs is 1. The highest BCUT2D eigenvalue weighted by Crippen LogP contribution is 2.37. The van der Waals surface area contributed by atoms with Crippen LogP contribution < -0.4 is 9.64 Å². The third-order valence-electron chi connectivity index (χ3n) is 3.90. The van der Waals surface area contributed by atoms with Gasteiger partial charge in [-0.25, -0.2) is 8.42 Å². The minimum absolute atomic E-state index is 0.0130. The number of hydrogen-bond donors (Lipinski definition) is 0. The van der Waals surface area contributed by atoms with Crippen molar-refractivity contribution in [3.05, 3.63) is 24.3 Å². The van der Waals surface area contributed by atoms with Crippen molar-refractivity contribution < 1.29 is 17.9 Å². The molecule has 2 heterocycles. The zero-order valence-corrected chi connectivity index (χ0v) is 12.1. The van der Waals surface area contributed by atoms with Gasteiger partial charge in [0.15, 0.2) is 9.84 Å². The first-order valence-corrected chi connectivity index (χ1v) is 8.57. The summed E-state index contributed by atoms with van der Waals surface area (Å²) in [4.78, 5) is 13.8. The molecule has 3 rings (SSSR count). The van der Waals surface area contributed by atoms with Gasteiger partial charge in [-0.3, -0.25) is 4.79 Å². The van der Waals surface area contributed by atoms with Crippen LogP contribution >= 0.6 is 0 Å². The standard InChI is InChI=1S/C14H17NO4S/c1-2-19-12-5-3-11(4-6-12)15-13-9-20(17,18)8-10(13)7-14(15)16/h3-6,10,13H,2,7-9H2,1H3/t10-,13+/m0/s1. The Morgan fingerprint density at radius 3 is 2.60 bits per heavy atom. The summed E-state index contributed by atoms with van der Waals surface area (Å²) in [5, 5.41) is 0. The molecule has 0 aliphatic carbocycles. The van der Waals surface area contributed by atoms with Gasteiger partial charge in [0.1, 0.15) is 5.75 Å². The average Bonchev–Trinajstić information content (AvgIpc) is 2.81. The second-order valence-corrected chi connectivity index (χ2v) is 7.45. The van der Waals surface area contributed by atoms with Crippen molar-refractivity contribution in [2.24, 2.45) is 5.92 Å². The van der Waals surface area contributed by atoms with Crippen LogP contribution in [0, 0.1) is 5.92 Å². The maximum Gasteiger partial charge on any atom is 0.227 e. The summed E-state index contributed by atoms with van der Waals surface area (Å²) in [6, 6.07) is 7.04. The second-order valence-electron chi connectivity index (χ2n) is 5.30. The number of nitrogens with zero attached hydrogens (tertiary/aromatic N) is 1. The van der Waals surface area contributed by atoms with Crippen molar-refractivity contribution in [3.8, 4) is 5.75 Å². The lowest BCUT2D eigenvalue weighted by atomic mass is 10.0. The Morgan fingerprint density at radius 1 is 1.25 bits per heavy atom. The average molecular weight is 295 g/mol. The first kappa shape index (κ1) is 13.4. The van der Waals surface area contributed by atoms with Crippen LogP contribution in [0.25, 0.3) is 0 Å². The van der Waals surface area contributed by atoms with Gasteiger partial charge in [0, 0.05) is 18.0 Å². The lowest BCUT2D eigenvalue weighted by Gasteiger charge is -2.23. The van der Waals surface area contributed by atoms with Gasteiger partial charge >= 0.3 is 0 Å². The topological polar surface area (TPSA) is 63.7 Å². The third kappa shape index (κ3) is 2.28. The summed E-state index contributed by atoms with van der Waals surface area (Å²) in [5.74, 6) is 0.921. The number of benzene rings is 1. The summed E-state index contributed by atoms with van der Waals surface area (Å²) in [6.07, 6.45) is 0.330. The number of sulfone groups is 1. The SMILES string of the molecule is CCOc1ccc(N2C(=O)C[C@H]3CS(=O)(=O)C[C@H]32)cc1. The molecule has 2 aliphatic rings. The van der Waals surface area contributed by atoms with Crippen LogP contribution in [-0.4, -0.2) is 38.5 Å². The number of carbonyl (C=O) groups excluding carboxylic acids is 1. The zero-order chi connectivity index (χ0) is 14.3. The van der Waals surface area contributed by atoms with Crippen LogP contribution in [0.15, 0.2) is 24.3 Å². The molecule has 0 unspecified atom stereocenters. The van der Waals surface area contributed by atoms with Crippen LogP contribution in [0.4, 0.5) is 5.69 Å². The number of amides is 1. The van der Waals surface area contributed by atoms with Gasteiger partial charge in [-0.2, -0.15) is 0 Å². The first-order chi connectivity index (χ1) is 9.50. The first-order valence-electron chi connectivity index (χ1n) is 6.75. The Labute approximate surface area is 118 Å². The summed E-state index contributed by atoms with van der Waals surface area (Å²) in [5.41, 5.74) is 0.753. The Kier molecular flexibility index (Phi) is 3.20. The molecule has 2 atom stereocenters. The van der Waals surface area contributed by atoms with Crippen LogP contribution in [0.1, 0.15) is 13.3 Å². The van der Waals surface area contributed by atoms with Crippen LogP contribution in [0.3, 0.4) is 0 Å². The summed E-state index contributed by atoms with van der Waals surface area (Å²) < 4.78 is 28.8. The highest BCUT2D eigenvalue weighted by Gasteiger charge is 2.49. The van der Waals surface area contributed by atoms with Crippen LogP contribution in [0.2, 0.25) is 0 Å². The van der Waals surface area contributed by atoms with E-state index in [4.69, 9.17) is 4.74 Å². The minimum Gasteiger partial charge on any atom is -0.494 e. The third-order valence-corrected chi connectivity index (χ3v) is 5.69. The van der Waals surface area contributed by atoms with Gasteiger partial charge in [0.2, 0.25) is 5.91 Å². The lowest BCUT2D eigenvalue weighted by Crippen LogP contribution is -2.36. The second kappa shape index (κ2) is 4.77. The predicted octanol–water partition coefficient (Wildman–Crippen LogP) is 1.24. The minimum atomic E-state index is -3.01. The maximum atomic E-state index is 12.1. The normalized spacial score (nSPS) is 27.6. The number of anilines is 1. The van der Waals surface area contributed by atoms with Gasteiger partial charge < -0.3 is 9.64 Å². The molecular weight excluding hydrogens is 278 g/mol. The Morgan fingerprint density at radius 2 is 1.95 bits per heavy atom. The molecule has 0 radical (unpaired) electrons. The van der Waals surface area contributed by atoms with E-state index in [1.165, 1.54) is 0 Å². The zero-order valence-electron chi connectivity index (χ0n) is 11.3. The van der Waals surface area contributed by atoms with E-state index < -0.39 is 9.84 Å². The van der Waals surface area contributed by atoms with E-state index in [9.17, 15) is 13.2 Å². The monoisotopic (exact) mass is 295 g/mol. The van der Waals surface area contributed by atoms with Crippen LogP contribution in [-0.2, 0) is 14.6 Å². The quantitative estimate of drug-likeness (QED) is 0.841. The molecule has 108 valence electrons. The molecule has 0 bridgehead atoms. The van der Waals surface area contributed by atoms with E-state index in [1.54, 1.807) is 4.90 Å². The molecule has 20 heavy (non-hydrogen) atoms. The molecule has 0 spiro atoms. The fourth-order valence-corrected chi connectivity index (χ4v) is 5.16. The number of rotatable bonds is 3. The molecule has 1 amide bonds. The van der Waals surface area contributed by atoms with Crippen molar-refractivity contribution in [2.75, 3.05) is 23.0 Å². The molecule has 0 saturated carbocycles. The van der Waals surface area contributed by atoms with E-state index in [0.717, 1.165) is 11.4 Å². The number of ether oxygens (including phenoxy) is 1. The highest BCUT2D eigenvalue weighted by molar-refractivity contribution is 7.91. The maximum absolute atomic E-state index is 12.1. The van der Waals surface area contributed by atoms with E-state index in [1.807, 2.05) is 31.2 Å². The lowest BCUT2D eigenvalue weighted by molar-refractivity contribution is -0.117. The summed E-state index contributed by atoms with van der Waals surface area (Å²) >= 11 is 0. The van der Waals surface area contributed by atoms with Crippen molar-refractivity contribution in [1.29, 1.82) is 0 Å². The molecule has 6 heteroatoms. The van der Waals surface area contributed by atoms with Gasteiger partial charge in [0.05, 0.1) is 24.2 Å². The van der Waals surface area contributed by atoms with Gasteiger partial charge in [-0.1, -0.05) is 0 Å². The molecular formula is C14H17NO4S.